The molecule has 2 heterocycles. The predicted molar refractivity (Wildman–Crippen MR) is 101 cm³/mol. The number of benzene rings is 1. The van der Waals surface area contributed by atoms with Crippen LogP contribution in [0, 0.1) is 0 Å². The highest BCUT2D eigenvalue weighted by atomic mass is 16.3. The van der Waals surface area contributed by atoms with Gasteiger partial charge < -0.3 is 15.3 Å². The molecule has 7 nitrogen and oxygen atoms in total. The van der Waals surface area contributed by atoms with Crippen LogP contribution in [-0.2, 0) is 0 Å². The molecule has 1 aliphatic rings. The predicted octanol–water partition coefficient (Wildman–Crippen LogP) is 2.06. The van der Waals surface area contributed by atoms with E-state index in [0.29, 0.717) is 24.6 Å². The van der Waals surface area contributed by atoms with Crippen LogP contribution in [0.5, 0.6) is 0 Å². The summed E-state index contributed by atoms with van der Waals surface area (Å²) in [4.78, 5) is 25.2. The molecule has 7 heteroatoms. The minimum Gasteiger partial charge on any atom is -0.392 e. The number of hydrogen-bond acceptors (Lipinski definition) is 5. The number of nitrogens with zero attached hydrogens (tertiary/aromatic N) is 4. The van der Waals surface area contributed by atoms with Gasteiger partial charge in [0.25, 0.3) is 0 Å². The molecule has 138 valence electrons. The minimum atomic E-state index is -0.358. The Bertz CT molecular complexity index is 720. The van der Waals surface area contributed by atoms with E-state index >= 15 is 0 Å². The van der Waals surface area contributed by atoms with E-state index < -0.39 is 0 Å². The first-order valence-corrected chi connectivity index (χ1v) is 8.88. The van der Waals surface area contributed by atoms with Crippen molar-refractivity contribution in [3.8, 4) is 11.4 Å². The lowest BCUT2D eigenvalue weighted by Gasteiger charge is -2.40. The number of nitrogens with one attached hydrogen (secondary N) is 1. The van der Waals surface area contributed by atoms with Crippen molar-refractivity contribution >= 4 is 11.7 Å². The third-order valence-electron chi connectivity index (χ3n) is 4.43. The van der Waals surface area contributed by atoms with Crippen molar-refractivity contribution < 1.29 is 9.90 Å². The summed E-state index contributed by atoms with van der Waals surface area (Å²) in [5.41, 5.74) is 1.52. The van der Waals surface area contributed by atoms with Crippen LogP contribution in [0.15, 0.2) is 42.7 Å². The van der Waals surface area contributed by atoms with Gasteiger partial charge in [0.1, 0.15) is 0 Å². The number of piperazine rings is 1. The second-order valence-electron chi connectivity index (χ2n) is 6.74. The minimum absolute atomic E-state index is 0.0759. The highest BCUT2D eigenvalue weighted by Gasteiger charge is 2.27. The van der Waals surface area contributed by atoms with Crippen molar-refractivity contribution in [2.75, 3.05) is 31.5 Å². The van der Waals surface area contributed by atoms with E-state index in [4.69, 9.17) is 0 Å². The fourth-order valence-electron chi connectivity index (χ4n) is 3.20. The van der Waals surface area contributed by atoms with Crippen molar-refractivity contribution in [2.24, 2.45) is 0 Å². The number of carbonyl (C=O) groups is 1. The third kappa shape index (κ3) is 4.56. The summed E-state index contributed by atoms with van der Waals surface area (Å²) in [6.07, 6.45) is 2.89. The van der Waals surface area contributed by atoms with Gasteiger partial charge in [-0.3, -0.25) is 4.90 Å². The van der Waals surface area contributed by atoms with Crippen LogP contribution in [0.1, 0.15) is 13.8 Å². The molecule has 1 saturated heterocycles. The molecular weight excluding hydrogens is 330 g/mol. The first-order chi connectivity index (χ1) is 12.5. The highest BCUT2D eigenvalue weighted by molar-refractivity contribution is 5.89. The van der Waals surface area contributed by atoms with Gasteiger partial charge in [0.15, 0.2) is 5.82 Å². The zero-order valence-corrected chi connectivity index (χ0v) is 15.2. The molecule has 2 N–H and O–H groups in total. The summed E-state index contributed by atoms with van der Waals surface area (Å²) in [6, 6.07) is 9.64. The number of rotatable bonds is 4. The van der Waals surface area contributed by atoms with Gasteiger partial charge in [0.05, 0.1) is 24.2 Å². The molecule has 2 aromatic rings. The second-order valence-corrected chi connectivity index (χ2v) is 6.74. The number of aromatic nitrogens is 2. The molecule has 1 aliphatic heterocycles. The van der Waals surface area contributed by atoms with Gasteiger partial charge in [0.2, 0.25) is 0 Å². The summed E-state index contributed by atoms with van der Waals surface area (Å²) < 4.78 is 0. The van der Waals surface area contributed by atoms with Gasteiger partial charge in [-0.25, -0.2) is 14.8 Å². The van der Waals surface area contributed by atoms with Crippen LogP contribution in [0.3, 0.4) is 0 Å². The quantitative estimate of drug-likeness (QED) is 0.877. The lowest BCUT2D eigenvalue weighted by Crippen LogP contribution is -2.56. The second kappa shape index (κ2) is 8.25. The molecule has 0 spiro atoms. The largest absolute Gasteiger partial charge is 0.392 e. The molecule has 1 aromatic carbocycles. The van der Waals surface area contributed by atoms with E-state index in [1.165, 1.54) is 0 Å². The molecule has 3 rings (SSSR count). The van der Waals surface area contributed by atoms with Gasteiger partial charge in [-0.1, -0.05) is 30.3 Å². The maximum absolute atomic E-state index is 12.6. The monoisotopic (exact) mass is 355 g/mol. The molecule has 1 fully saturated rings. The molecule has 1 aromatic heterocycles. The SMILES string of the molecule is CC(O)CN1CCN(C(=O)Nc2cnc(-c3ccccc3)nc2)C(C)C1. The van der Waals surface area contributed by atoms with Crippen molar-refractivity contribution in [1.29, 1.82) is 0 Å². The van der Waals surface area contributed by atoms with Crippen molar-refractivity contribution in [1.82, 2.24) is 19.8 Å². The normalized spacial score (nSPS) is 19.2. The van der Waals surface area contributed by atoms with Crippen LogP contribution in [0.2, 0.25) is 0 Å². The molecular formula is C19H25N5O2. The number of aliphatic hydroxyl groups is 1. The van der Waals surface area contributed by atoms with E-state index in [1.807, 2.05) is 42.2 Å². The first-order valence-electron chi connectivity index (χ1n) is 8.88. The lowest BCUT2D eigenvalue weighted by molar-refractivity contribution is 0.0692. The van der Waals surface area contributed by atoms with Gasteiger partial charge in [0, 0.05) is 37.8 Å². The molecule has 26 heavy (non-hydrogen) atoms. The molecule has 0 aliphatic carbocycles. The summed E-state index contributed by atoms with van der Waals surface area (Å²) in [7, 11) is 0. The van der Waals surface area contributed by atoms with Crippen molar-refractivity contribution in [2.45, 2.75) is 26.0 Å². The number of urea groups is 1. The smallest absolute Gasteiger partial charge is 0.322 e. The Morgan fingerprint density at radius 1 is 1.27 bits per heavy atom. The van der Waals surface area contributed by atoms with Crippen LogP contribution in [0.4, 0.5) is 10.5 Å². The van der Waals surface area contributed by atoms with Crippen LogP contribution in [-0.4, -0.2) is 69.2 Å². The Morgan fingerprint density at radius 2 is 1.96 bits per heavy atom. The number of β-amino-alcohol motifs (C(OH)–C–C–N with tert-alkyl or cyclic N) is 1. The van der Waals surface area contributed by atoms with Crippen LogP contribution < -0.4 is 5.32 Å². The summed E-state index contributed by atoms with van der Waals surface area (Å²) in [6.45, 7) is 6.57. The summed E-state index contributed by atoms with van der Waals surface area (Å²) in [5.74, 6) is 0.628. The Labute approximate surface area is 153 Å². The Morgan fingerprint density at radius 3 is 2.58 bits per heavy atom. The molecule has 2 unspecified atom stereocenters. The molecule has 0 bridgehead atoms. The van der Waals surface area contributed by atoms with Crippen LogP contribution >= 0.6 is 0 Å². The fourth-order valence-corrected chi connectivity index (χ4v) is 3.20. The zero-order chi connectivity index (χ0) is 18.5. The summed E-state index contributed by atoms with van der Waals surface area (Å²) >= 11 is 0. The third-order valence-corrected chi connectivity index (χ3v) is 4.43. The number of hydrogen-bond donors (Lipinski definition) is 2. The Hall–Kier alpha value is -2.51. The van der Waals surface area contributed by atoms with Gasteiger partial charge in [-0.15, -0.1) is 0 Å². The Balaban J connectivity index is 1.58. The van der Waals surface area contributed by atoms with Gasteiger partial charge >= 0.3 is 6.03 Å². The topological polar surface area (TPSA) is 81.6 Å². The van der Waals surface area contributed by atoms with E-state index in [1.54, 1.807) is 19.3 Å². The first kappa shape index (κ1) is 18.3. The summed E-state index contributed by atoms with van der Waals surface area (Å²) in [5, 5.41) is 12.4. The van der Waals surface area contributed by atoms with E-state index in [9.17, 15) is 9.90 Å². The number of anilines is 1. The maximum Gasteiger partial charge on any atom is 0.322 e. The van der Waals surface area contributed by atoms with E-state index in [0.717, 1.165) is 18.7 Å². The molecule has 0 saturated carbocycles. The molecule has 2 amide bonds. The molecule has 0 radical (unpaired) electrons. The maximum atomic E-state index is 12.6. The van der Waals surface area contributed by atoms with Gasteiger partial charge in [-0.2, -0.15) is 0 Å². The van der Waals surface area contributed by atoms with Crippen LogP contribution in [0.25, 0.3) is 11.4 Å². The Kier molecular flexibility index (Phi) is 5.80. The number of carbonyl (C=O) groups excluding carboxylic acids is 1. The van der Waals surface area contributed by atoms with Crippen molar-refractivity contribution in [3.63, 3.8) is 0 Å². The average molecular weight is 355 g/mol. The lowest BCUT2D eigenvalue weighted by atomic mass is 10.2. The number of amides is 2. The van der Waals surface area contributed by atoms with E-state index in [2.05, 4.69) is 20.2 Å². The fraction of sp³-hybridized carbons (Fsp3) is 0.421. The number of aliphatic hydroxyl groups excluding tert-OH is 1. The van der Waals surface area contributed by atoms with Crippen molar-refractivity contribution in [3.05, 3.63) is 42.7 Å². The molecule has 2 atom stereocenters. The average Bonchev–Trinajstić information content (AvgIpc) is 2.62. The van der Waals surface area contributed by atoms with E-state index in [-0.39, 0.29) is 18.2 Å². The highest BCUT2D eigenvalue weighted by Crippen LogP contribution is 2.16. The standard InChI is InChI=1S/C19H25N5O2/c1-14-12-23(13-15(2)25)8-9-24(14)19(26)22-17-10-20-18(21-11-17)16-6-4-3-5-7-16/h3-7,10-11,14-15,25H,8-9,12-13H2,1-2H3,(H,22,26). The zero-order valence-electron chi connectivity index (χ0n) is 15.2. The van der Waals surface area contributed by atoms with Gasteiger partial charge in [-0.05, 0) is 13.8 Å².